The van der Waals surface area contributed by atoms with E-state index in [9.17, 15) is 14.4 Å². The van der Waals surface area contributed by atoms with E-state index in [-0.39, 0.29) is 5.76 Å². The molecule has 0 saturated carbocycles. The van der Waals surface area contributed by atoms with Crippen LogP contribution in [-0.4, -0.2) is 29.3 Å². The van der Waals surface area contributed by atoms with Gasteiger partial charge in [-0.1, -0.05) is 24.3 Å². The Kier molecular flexibility index (Phi) is 5.30. The number of benzene rings is 1. The molecule has 1 heterocycles. The standard InChI is InChI=1S/C17H17NO5/c1-11-13-7-3-4-8-14(13)23-16(11)17(22)18-12(10-19)6-2-5-9-15(20)21/h3-5,7-10,12H,2,6H2,1H3,(H,18,22)(H,20,21). The number of rotatable bonds is 7. The van der Waals surface area contributed by atoms with Crippen LogP contribution in [0.25, 0.3) is 11.0 Å². The highest BCUT2D eigenvalue weighted by Crippen LogP contribution is 2.24. The fourth-order valence-corrected chi connectivity index (χ4v) is 2.26. The highest BCUT2D eigenvalue weighted by Gasteiger charge is 2.19. The second kappa shape index (κ2) is 7.40. The van der Waals surface area contributed by atoms with E-state index in [1.54, 1.807) is 13.0 Å². The van der Waals surface area contributed by atoms with Crippen LogP contribution in [0.1, 0.15) is 29.0 Å². The number of aldehydes is 1. The summed E-state index contributed by atoms with van der Waals surface area (Å²) >= 11 is 0. The molecule has 0 fully saturated rings. The lowest BCUT2D eigenvalue weighted by Crippen LogP contribution is -2.36. The molecule has 1 amide bonds. The Hall–Kier alpha value is -2.89. The molecule has 1 atom stereocenters. The number of nitrogens with one attached hydrogen (secondary N) is 1. The van der Waals surface area contributed by atoms with Crippen molar-refractivity contribution in [2.24, 2.45) is 0 Å². The van der Waals surface area contributed by atoms with Gasteiger partial charge >= 0.3 is 5.97 Å². The van der Waals surface area contributed by atoms with Gasteiger partial charge in [0.1, 0.15) is 11.9 Å². The SMILES string of the molecule is Cc1c(C(=O)NC(C=O)CCC=CC(=O)O)oc2ccccc12. The van der Waals surface area contributed by atoms with E-state index in [2.05, 4.69) is 5.32 Å². The first kappa shape index (κ1) is 16.5. The Morgan fingerprint density at radius 3 is 2.74 bits per heavy atom. The number of aliphatic carboxylic acids is 1. The van der Waals surface area contributed by atoms with Gasteiger partial charge in [-0.05, 0) is 25.8 Å². The lowest BCUT2D eigenvalue weighted by atomic mass is 10.1. The van der Waals surface area contributed by atoms with Gasteiger partial charge in [0.15, 0.2) is 5.76 Å². The number of carbonyl (C=O) groups excluding carboxylic acids is 2. The summed E-state index contributed by atoms with van der Waals surface area (Å²) in [6.07, 6.45) is 3.77. The number of carbonyl (C=O) groups is 3. The number of furan rings is 1. The average Bonchev–Trinajstić information content (AvgIpc) is 2.87. The Balaban J connectivity index is 2.05. The third-order valence-corrected chi connectivity index (χ3v) is 3.44. The summed E-state index contributed by atoms with van der Waals surface area (Å²) in [5, 5.41) is 11.9. The predicted molar refractivity (Wildman–Crippen MR) is 84.3 cm³/mol. The number of fused-ring (bicyclic) bond motifs is 1. The van der Waals surface area contributed by atoms with Crippen LogP contribution in [0.2, 0.25) is 0 Å². The summed E-state index contributed by atoms with van der Waals surface area (Å²) in [7, 11) is 0. The van der Waals surface area contributed by atoms with Crippen LogP contribution in [0.5, 0.6) is 0 Å². The maximum atomic E-state index is 12.3. The van der Waals surface area contributed by atoms with Crippen molar-refractivity contribution < 1.29 is 23.9 Å². The fourth-order valence-electron chi connectivity index (χ4n) is 2.26. The summed E-state index contributed by atoms with van der Waals surface area (Å²) in [6, 6.07) is 6.60. The van der Waals surface area contributed by atoms with Crippen molar-refractivity contribution in [2.75, 3.05) is 0 Å². The van der Waals surface area contributed by atoms with Crippen LogP contribution < -0.4 is 5.32 Å². The minimum atomic E-state index is -1.05. The van der Waals surface area contributed by atoms with Gasteiger partial charge in [0.05, 0.1) is 6.04 Å². The molecule has 0 saturated heterocycles. The first-order valence-corrected chi connectivity index (χ1v) is 7.16. The lowest BCUT2D eigenvalue weighted by Gasteiger charge is -2.10. The Morgan fingerprint density at radius 2 is 2.09 bits per heavy atom. The van der Waals surface area contributed by atoms with Gasteiger partial charge in [0.25, 0.3) is 5.91 Å². The highest BCUT2D eigenvalue weighted by atomic mass is 16.4. The number of hydrogen-bond donors (Lipinski definition) is 2. The van der Waals surface area contributed by atoms with Crippen LogP contribution in [0.3, 0.4) is 0 Å². The Morgan fingerprint density at radius 1 is 1.35 bits per heavy atom. The predicted octanol–water partition coefficient (Wildman–Crippen LogP) is 2.46. The van der Waals surface area contributed by atoms with Crippen LogP contribution in [-0.2, 0) is 9.59 Å². The second-order valence-electron chi connectivity index (χ2n) is 5.09. The van der Waals surface area contributed by atoms with Crippen molar-refractivity contribution in [3.05, 3.63) is 47.7 Å². The number of carboxylic acids is 1. The van der Waals surface area contributed by atoms with Gasteiger partial charge in [-0.3, -0.25) is 4.79 Å². The average molecular weight is 315 g/mol. The number of hydrogen-bond acceptors (Lipinski definition) is 4. The van der Waals surface area contributed by atoms with Crippen molar-refractivity contribution in [1.82, 2.24) is 5.32 Å². The largest absolute Gasteiger partial charge is 0.478 e. The fraction of sp³-hybridized carbons (Fsp3) is 0.235. The Labute approximate surface area is 132 Å². The van der Waals surface area contributed by atoms with Gasteiger partial charge in [0, 0.05) is 17.0 Å². The summed E-state index contributed by atoms with van der Waals surface area (Å²) in [6.45, 7) is 1.78. The van der Waals surface area contributed by atoms with Gasteiger partial charge in [-0.25, -0.2) is 4.79 Å². The molecule has 0 aliphatic heterocycles. The second-order valence-corrected chi connectivity index (χ2v) is 5.09. The van der Waals surface area contributed by atoms with Crippen LogP contribution >= 0.6 is 0 Å². The molecule has 0 aliphatic carbocycles. The maximum Gasteiger partial charge on any atom is 0.327 e. The lowest BCUT2D eigenvalue weighted by molar-refractivity contribution is -0.131. The summed E-state index contributed by atoms with van der Waals surface area (Å²) in [5.41, 5.74) is 1.33. The van der Waals surface area contributed by atoms with Crippen LogP contribution in [0.4, 0.5) is 0 Å². The molecule has 1 unspecified atom stereocenters. The number of amides is 1. The molecule has 0 bridgehead atoms. The zero-order chi connectivity index (χ0) is 16.8. The topological polar surface area (TPSA) is 96.6 Å². The number of aryl methyl sites for hydroxylation is 1. The normalized spacial score (nSPS) is 12.4. The molecule has 0 aliphatic rings. The number of allylic oxidation sites excluding steroid dienone is 1. The quantitative estimate of drug-likeness (QED) is 0.604. The Bertz CT molecular complexity index is 759. The van der Waals surface area contributed by atoms with Gasteiger partial charge in [-0.2, -0.15) is 0 Å². The third-order valence-electron chi connectivity index (χ3n) is 3.44. The van der Waals surface area contributed by atoms with Gasteiger partial charge < -0.3 is 19.6 Å². The molecule has 6 heteroatoms. The minimum Gasteiger partial charge on any atom is -0.478 e. The van der Waals surface area contributed by atoms with E-state index < -0.39 is 17.9 Å². The van der Waals surface area contributed by atoms with Gasteiger partial charge in [0.2, 0.25) is 0 Å². The molecule has 120 valence electrons. The van der Waals surface area contributed by atoms with Crippen molar-refractivity contribution in [1.29, 1.82) is 0 Å². The molecule has 2 N–H and O–H groups in total. The zero-order valence-corrected chi connectivity index (χ0v) is 12.6. The van der Waals surface area contributed by atoms with E-state index in [0.717, 1.165) is 11.5 Å². The van der Waals surface area contributed by atoms with E-state index in [1.165, 1.54) is 6.08 Å². The van der Waals surface area contributed by atoms with Crippen LogP contribution in [0, 0.1) is 6.92 Å². The van der Waals surface area contributed by atoms with Gasteiger partial charge in [-0.15, -0.1) is 0 Å². The molecule has 0 radical (unpaired) electrons. The van der Waals surface area contributed by atoms with E-state index in [4.69, 9.17) is 9.52 Å². The molecular formula is C17H17NO5. The molecule has 2 aromatic rings. The first-order chi connectivity index (χ1) is 11.0. The third kappa shape index (κ3) is 4.06. The summed E-state index contributed by atoms with van der Waals surface area (Å²) in [5.74, 6) is -1.33. The molecule has 6 nitrogen and oxygen atoms in total. The first-order valence-electron chi connectivity index (χ1n) is 7.16. The monoisotopic (exact) mass is 315 g/mol. The number of carboxylic acid groups (broad SMARTS) is 1. The van der Waals surface area contributed by atoms with Crippen molar-refractivity contribution in [3.63, 3.8) is 0 Å². The molecule has 1 aromatic heterocycles. The van der Waals surface area contributed by atoms with E-state index in [1.807, 2.05) is 18.2 Å². The molecule has 1 aromatic carbocycles. The molecule has 0 spiro atoms. The molecule has 23 heavy (non-hydrogen) atoms. The zero-order valence-electron chi connectivity index (χ0n) is 12.6. The smallest absolute Gasteiger partial charge is 0.327 e. The summed E-state index contributed by atoms with van der Waals surface area (Å²) < 4.78 is 5.54. The van der Waals surface area contributed by atoms with E-state index >= 15 is 0 Å². The molecular weight excluding hydrogens is 298 g/mol. The van der Waals surface area contributed by atoms with Crippen molar-refractivity contribution in [3.8, 4) is 0 Å². The van der Waals surface area contributed by atoms with Crippen molar-refractivity contribution >= 4 is 29.1 Å². The minimum absolute atomic E-state index is 0.180. The van der Waals surface area contributed by atoms with Crippen molar-refractivity contribution in [2.45, 2.75) is 25.8 Å². The number of para-hydroxylation sites is 1. The maximum absolute atomic E-state index is 12.3. The summed E-state index contributed by atoms with van der Waals surface area (Å²) in [4.78, 5) is 33.7. The van der Waals surface area contributed by atoms with E-state index in [0.29, 0.717) is 30.3 Å². The molecule has 2 rings (SSSR count). The van der Waals surface area contributed by atoms with Crippen LogP contribution in [0.15, 0.2) is 40.8 Å². The highest BCUT2D eigenvalue weighted by molar-refractivity contribution is 5.99.